The van der Waals surface area contributed by atoms with Gasteiger partial charge < -0.3 is 15.5 Å². The molecule has 1 saturated heterocycles. The van der Waals surface area contributed by atoms with Gasteiger partial charge in [0.2, 0.25) is 17.8 Å². The summed E-state index contributed by atoms with van der Waals surface area (Å²) in [5, 5.41) is 5.50. The number of benzene rings is 1. The molecule has 8 nitrogen and oxygen atoms in total. The highest BCUT2D eigenvalue weighted by Crippen LogP contribution is 2.30. The van der Waals surface area contributed by atoms with Gasteiger partial charge in [-0.15, -0.1) is 0 Å². The molecule has 0 saturated carbocycles. The van der Waals surface area contributed by atoms with E-state index in [1.807, 2.05) is 35.2 Å². The number of aromatic nitrogens is 2. The summed E-state index contributed by atoms with van der Waals surface area (Å²) in [5.74, 6) is -0.225. The first-order valence-corrected chi connectivity index (χ1v) is 10.0. The zero-order chi connectivity index (χ0) is 20.4. The van der Waals surface area contributed by atoms with Crippen LogP contribution in [0.5, 0.6) is 0 Å². The maximum atomic E-state index is 12.8. The van der Waals surface area contributed by atoms with E-state index in [4.69, 9.17) is 0 Å². The molecule has 29 heavy (non-hydrogen) atoms. The third kappa shape index (κ3) is 4.16. The summed E-state index contributed by atoms with van der Waals surface area (Å²) in [4.78, 5) is 47.1. The summed E-state index contributed by atoms with van der Waals surface area (Å²) in [5.41, 5.74) is 0.802. The van der Waals surface area contributed by atoms with E-state index in [0.29, 0.717) is 18.4 Å². The second kappa shape index (κ2) is 8.06. The van der Waals surface area contributed by atoms with Crippen molar-refractivity contribution < 1.29 is 9.59 Å². The lowest BCUT2D eigenvalue weighted by molar-refractivity contribution is -0.126. The van der Waals surface area contributed by atoms with Crippen LogP contribution < -0.4 is 21.1 Å². The average Bonchev–Trinajstić information content (AvgIpc) is 2.72. The van der Waals surface area contributed by atoms with Crippen molar-refractivity contribution in [2.75, 3.05) is 23.3 Å². The number of H-pyrrole nitrogens is 1. The number of amides is 2. The molecule has 1 aromatic heterocycles. The summed E-state index contributed by atoms with van der Waals surface area (Å²) >= 11 is 0. The van der Waals surface area contributed by atoms with Gasteiger partial charge in [0.25, 0.3) is 5.56 Å². The Morgan fingerprint density at radius 3 is 2.66 bits per heavy atom. The van der Waals surface area contributed by atoms with Gasteiger partial charge in [0.15, 0.2) is 0 Å². The third-order valence-electron chi connectivity index (χ3n) is 5.65. The number of aromatic amines is 1. The fourth-order valence-corrected chi connectivity index (χ4v) is 3.86. The minimum atomic E-state index is -0.853. The molecule has 4 rings (SSSR count). The van der Waals surface area contributed by atoms with Gasteiger partial charge in [-0.25, -0.2) is 0 Å². The quantitative estimate of drug-likeness (QED) is 0.731. The highest BCUT2D eigenvalue weighted by atomic mass is 16.2. The third-order valence-corrected chi connectivity index (χ3v) is 5.65. The maximum Gasteiger partial charge on any atom is 0.258 e. The second-order valence-electron chi connectivity index (χ2n) is 7.83. The molecule has 1 atom stereocenters. The summed E-state index contributed by atoms with van der Waals surface area (Å²) in [7, 11) is 0. The van der Waals surface area contributed by atoms with Crippen LogP contribution in [-0.2, 0) is 16.1 Å². The van der Waals surface area contributed by atoms with Crippen LogP contribution in [0.3, 0.4) is 0 Å². The monoisotopic (exact) mass is 395 g/mol. The molecule has 2 aliphatic rings. The molecule has 2 amide bonds. The van der Waals surface area contributed by atoms with E-state index < -0.39 is 5.92 Å². The first-order chi connectivity index (χ1) is 14.0. The summed E-state index contributed by atoms with van der Waals surface area (Å²) in [6, 6.07) is 9.49. The van der Waals surface area contributed by atoms with E-state index in [-0.39, 0.29) is 35.2 Å². The number of anilines is 2. The smallest absolute Gasteiger partial charge is 0.258 e. The molecule has 2 aromatic rings. The summed E-state index contributed by atoms with van der Waals surface area (Å²) in [6.45, 7) is 4.15. The highest BCUT2D eigenvalue weighted by Gasteiger charge is 2.35. The average molecular weight is 395 g/mol. The molecule has 1 fully saturated rings. The predicted molar refractivity (Wildman–Crippen MR) is 110 cm³/mol. The molecule has 0 radical (unpaired) electrons. The van der Waals surface area contributed by atoms with E-state index in [9.17, 15) is 14.4 Å². The lowest BCUT2D eigenvalue weighted by atomic mass is 9.92. The number of piperidine rings is 1. The van der Waals surface area contributed by atoms with Gasteiger partial charge in [-0.1, -0.05) is 37.3 Å². The van der Waals surface area contributed by atoms with Crippen molar-refractivity contribution in [3.63, 3.8) is 0 Å². The van der Waals surface area contributed by atoms with Gasteiger partial charge in [-0.3, -0.25) is 19.4 Å². The first kappa shape index (κ1) is 19.2. The van der Waals surface area contributed by atoms with Crippen LogP contribution in [0.25, 0.3) is 0 Å². The molecule has 0 spiro atoms. The van der Waals surface area contributed by atoms with Crippen LogP contribution in [0.1, 0.15) is 43.2 Å². The zero-order valence-corrected chi connectivity index (χ0v) is 16.4. The van der Waals surface area contributed by atoms with Crippen molar-refractivity contribution >= 4 is 23.6 Å². The van der Waals surface area contributed by atoms with E-state index in [0.717, 1.165) is 31.5 Å². The Labute approximate surface area is 168 Å². The van der Waals surface area contributed by atoms with Gasteiger partial charge in [0.05, 0.1) is 11.5 Å². The predicted octanol–water partition coefficient (Wildman–Crippen LogP) is 1.75. The fourth-order valence-electron chi connectivity index (χ4n) is 3.86. The Morgan fingerprint density at radius 2 is 1.93 bits per heavy atom. The van der Waals surface area contributed by atoms with Crippen LogP contribution in [-0.4, -0.2) is 34.9 Å². The lowest BCUT2D eigenvalue weighted by Gasteiger charge is -2.31. The second-order valence-corrected chi connectivity index (χ2v) is 7.83. The zero-order valence-electron chi connectivity index (χ0n) is 16.4. The number of carbonyl (C=O) groups is 2. The van der Waals surface area contributed by atoms with Crippen molar-refractivity contribution in [1.82, 2.24) is 15.3 Å². The number of fused-ring (bicyclic) bond motifs is 1. The number of hydrogen-bond acceptors (Lipinski definition) is 5. The Balaban J connectivity index is 1.56. The summed E-state index contributed by atoms with van der Waals surface area (Å²) in [6.07, 6.45) is 1.98. The van der Waals surface area contributed by atoms with E-state index in [2.05, 4.69) is 27.5 Å². The molecule has 1 aromatic carbocycles. The largest absolute Gasteiger partial charge is 0.351 e. The van der Waals surface area contributed by atoms with Crippen molar-refractivity contribution in [3.05, 3.63) is 51.8 Å². The molecular formula is C21H25N5O3. The molecule has 8 heteroatoms. The van der Waals surface area contributed by atoms with Crippen LogP contribution in [0.15, 0.2) is 35.1 Å². The van der Waals surface area contributed by atoms with Gasteiger partial charge in [-0.2, -0.15) is 4.98 Å². The molecule has 0 bridgehead atoms. The van der Waals surface area contributed by atoms with Crippen LogP contribution in [0.4, 0.5) is 11.8 Å². The normalized spacial score (nSPS) is 19.4. The van der Waals surface area contributed by atoms with Crippen molar-refractivity contribution in [1.29, 1.82) is 0 Å². The number of rotatable bonds is 4. The Kier molecular flexibility index (Phi) is 5.33. The SMILES string of the molecule is CC1CCN(c2nc3c(c(=O)[nH]2)C(C(=O)NCc2ccccc2)CC(=O)N3)CC1. The van der Waals surface area contributed by atoms with Gasteiger partial charge in [-0.05, 0) is 24.3 Å². The molecular weight excluding hydrogens is 370 g/mol. The Morgan fingerprint density at radius 1 is 1.21 bits per heavy atom. The lowest BCUT2D eigenvalue weighted by Crippen LogP contribution is -2.41. The molecule has 152 valence electrons. The van der Waals surface area contributed by atoms with Crippen LogP contribution >= 0.6 is 0 Å². The van der Waals surface area contributed by atoms with Crippen molar-refractivity contribution in [2.45, 2.75) is 38.6 Å². The molecule has 3 heterocycles. The van der Waals surface area contributed by atoms with Crippen LogP contribution in [0.2, 0.25) is 0 Å². The van der Waals surface area contributed by atoms with E-state index >= 15 is 0 Å². The van der Waals surface area contributed by atoms with Crippen molar-refractivity contribution in [2.24, 2.45) is 5.92 Å². The topological polar surface area (TPSA) is 107 Å². The molecule has 0 aliphatic carbocycles. The summed E-state index contributed by atoms with van der Waals surface area (Å²) < 4.78 is 0. The molecule has 3 N–H and O–H groups in total. The van der Waals surface area contributed by atoms with Gasteiger partial charge in [0.1, 0.15) is 5.82 Å². The first-order valence-electron chi connectivity index (χ1n) is 10.0. The molecule has 2 aliphatic heterocycles. The fraction of sp³-hybridized carbons (Fsp3) is 0.429. The molecule has 1 unspecified atom stereocenters. The van der Waals surface area contributed by atoms with Crippen molar-refractivity contribution in [3.8, 4) is 0 Å². The number of nitrogens with one attached hydrogen (secondary N) is 3. The van der Waals surface area contributed by atoms with Crippen LogP contribution in [0, 0.1) is 5.92 Å². The maximum absolute atomic E-state index is 12.8. The van der Waals surface area contributed by atoms with E-state index in [1.165, 1.54) is 0 Å². The number of hydrogen-bond donors (Lipinski definition) is 3. The standard InChI is InChI=1S/C21H25N5O3/c1-13-7-9-26(10-8-13)21-24-18-17(20(29)25-21)15(11-16(27)23-18)19(28)22-12-14-5-3-2-4-6-14/h2-6,13,15H,7-12H2,1H3,(H,22,28)(H2,23,24,25,27,29). The number of carbonyl (C=O) groups excluding carboxylic acids is 2. The number of nitrogens with zero attached hydrogens (tertiary/aromatic N) is 2. The van der Waals surface area contributed by atoms with Gasteiger partial charge in [0, 0.05) is 26.1 Å². The van der Waals surface area contributed by atoms with E-state index in [1.54, 1.807) is 0 Å². The highest BCUT2D eigenvalue weighted by molar-refractivity contribution is 6.00. The Hall–Kier alpha value is -3.16. The minimum Gasteiger partial charge on any atom is -0.351 e. The Bertz CT molecular complexity index is 964. The minimum absolute atomic E-state index is 0.0705. The van der Waals surface area contributed by atoms with Gasteiger partial charge >= 0.3 is 0 Å².